The van der Waals surface area contributed by atoms with Crippen LogP contribution in [0.2, 0.25) is 0 Å². The van der Waals surface area contributed by atoms with Crippen LogP contribution >= 0.6 is 0 Å². The van der Waals surface area contributed by atoms with Gasteiger partial charge in [-0.2, -0.15) is 0 Å². The van der Waals surface area contributed by atoms with Crippen LogP contribution in [0.5, 0.6) is 5.75 Å². The first kappa shape index (κ1) is 17.5. The highest BCUT2D eigenvalue weighted by Gasteiger charge is 2.27. The molecule has 0 unspecified atom stereocenters. The monoisotopic (exact) mass is 290 g/mol. The van der Waals surface area contributed by atoms with Crippen LogP contribution in [0.4, 0.5) is 0 Å². The Hall–Kier alpha value is -1.58. The largest absolute Gasteiger partial charge is 0.508 e. The van der Waals surface area contributed by atoms with Crippen molar-refractivity contribution in [3.8, 4) is 5.75 Å². The zero-order valence-corrected chi connectivity index (χ0v) is 13.1. The first-order valence-corrected chi connectivity index (χ1v) is 7.18. The molecule has 0 aromatic heterocycles. The lowest BCUT2D eigenvalue weighted by Gasteiger charge is -2.28. The lowest BCUT2D eigenvalue weighted by Crippen LogP contribution is -2.36. The Morgan fingerprint density at radius 1 is 1.19 bits per heavy atom. The molecule has 0 fully saturated rings. The summed E-state index contributed by atoms with van der Waals surface area (Å²) in [5.74, 6) is 0.243. The molecular formula is C18H26O3. The van der Waals surface area contributed by atoms with E-state index in [0.29, 0.717) is 12.8 Å². The molecular weight excluding hydrogens is 264 g/mol. The fraction of sp³-hybridized carbons (Fsp3) is 0.444. The SMILES string of the molecule is C=C[C@](C)(C=Cc1ccc(O)cc1)CC[C@@H](O)C(C)(C)O. The summed E-state index contributed by atoms with van der Waals surface area (Å²) in [5.41, 5.74) is -0.365. The van der Waals surface area contributed by atoms with Crippen LogP contribution in [0.1, 0.15) is 39.2 Å². The smallest absolute Gasteiger partial charge is 0.115 e. The Morgan fingerprint density at radius 3 is 2.24 bits per heavy atom. The van der Waals surface area contributed by atoms with Crippen molar-refractivity contribution in [3.05, 3.63) is 48.6 Å². The van der Waals surface area contributed by atoms with Gasteiger partial charge in [0.2, 0.25) is 0 Å². The topological polar surface area (TPSA) is 60.7 Å². The molecule has 1 rings (SSSR count). The highest BCUT2D eigenvalue weighted by atomic mass is 16.3. The molecule has 0 aliphatic carbocycles. The molecule has 0 saturated heterocycles. The van der Waals surface area contributed by atoms with Crippen LogP contribution in [0.15, 0.2) is 43.0 Å². The summed E-state index contributed by atoms with van der Waals surface area (Å²) in [5, 5.41) is 29.0. The van der Waals surface area contributed by atoms with Crippen LogP contribution in [-0.2, 0) is 0 Å². The summed E-state index contributed by atoms with van der Waals surface area (Å²) in [6, 6.07) is 6.95. The van der Waals surface area contributed by atoms with Crippen molar-refractivity contribution in [2.75, 3.05) is 0 Å². The summed E-state index contributed by atoms with van der Waals surface area (Å²) >= 11 is 0. The number of allylic oxidation sites excluding steroid dienone is 2. The molecule has 3 N–H and O–H groups in total. The minimum Gasteiger partial charge on any atom is -0.508 e. The van der Waals surface area contributed by atoms with Crippen molar-refractivity contribution in [2.45, 2.75) is 45.3 Å². The Labute approximate surface area is 127 Å². The summed E-state index contributed by atoms with van der Waals surface area (Å²) < 4.78 is 0. The zero-order chi connectivity index (χ0) is 16.1. The maximum absolute atomic E-state index is 9.92. The van der Waals surface area contributed by atoms with Crippen molar-refractivity contribution in [2.24, 2.45) is 5.41 Å². The summed E-state index contributed by atoms with van der Waals surface area (Å²) in [6.45, 7) is 9.11. The number of hydrogen-bond donors (Lipinski definition) is 3. The second-order valence-electron chi connectivity index (χ2n) is 6.34. The predicted octanol–water partition coefficient (Wildman–Crippen LogP) is 3.51. The van der Waals surface area contributed by atoms with Gasteiger partial charge in [0.25, 0.3) is 0 Å². The average Bonchev–Trinajstić information content (AvgIpc) is 2.43. The second kappa shape index (κ2) is 6.92. The van der Waals surface area contributed by atoms with Gasteiger partial charge in [-0.1, -0.05) is 37.3 Å². The molecule has 3 heteroatoms. The zero-order valence-electron chi connectivity index (χ0n) is 13.1. The first-order valence-electron chi connectivity index (χ1n) is 7.18. The standard InChI is InChI=1S/C18H26O3/c1-5-18(4,13-11-16(20)17(2,3)21)12-10-14-6-8-15(19)9-7-14/h5-10,12,16,19-21H,1,11,13H2,2-4H3/t16-,18-/m1/s1. The van der Waals surface area contributed by atoms with Gasteiger partial charge in [-0.05, 0) is 44.4 Å². The number of rotatable bonds is 7. The van der Waals surface area contributed by atoms with E-state index in [2.05, 4.69) is 6.58 Å². The second-order valence-corrected chi connectivity index (χ2v) is 6.34. The average molecular weight is 290 g/mol. The van der Waals surface area contributed by atoms with E-state index in [1.807, 2.05) is 37.3 Å². The van der Waals surface area contributed by atoms with E-state index in [-0.39, 0.29) is 11.2 Å². The highest BCUT2D eigenvalue weighted by molar-refractivity contribution is 5.51. The minimum atomic E-state index is -1.09. The van der Waals surface area contributed by atoms with Gasteiger partial charge >= 0.3 is 0 Å². The Bertz CT molecular complexity index is 482. The highest BCUT2D eigenvalue weighted by Crippen LogP contribution is 2.30. The van der Waals surface area contributed by atoms with E-state index < -0.39 is 11.7 Å². The third-order valence-corrected chi connectivity index (χ3v) is 3.79. The summed E-state index contributed by atoms with van der Waals surface area (Å²) in [6.07, 6.45) is 6.27. The fourth-order valence-corrected chi connectivity index (χ4v) is 1.93. The molecule has 0 amide bonds. The number of phenolic OH excluding ortho intramolecular Hbond substituents is 1. The van der Waals surface area contributed by atoms with E-state index in [9.17, 15) is 15.3 Å². The molecule has 0 spiro atoms. The molecule has 1 aromatic carbocycles. The Morgan fingerprint density at radius 2 is 1.76 bits per heavy atom. The van der Waals surface area contributed by atoms with Gasteiger partial charge in [-0.15, -0.1) is 6.58 Å². The van der Waals surface area contributed by atoms with Gasteiger partial charge in [0.15, 0.2) is 0 Å². The number of aliphatic hydroxyl groups excluding tert-OH is 1. The van der Waals surface area contributed by atoms with Crippen molar-refractivity contribution >= 4 is 6.08 Å². The van der Waals surface area contributed by atoms with Crippen molar-refractivity contribution < 1.29 is 15.3 Å². The van der Waals surface area contributed by atoms with Crippen LogP contribution in [0, 0.1) is 5.41 Å². The molecule has 2 atom stereocenters. The van der Waals surface area contributed by atoms with Gasteiger partial charge < -0.3 is 15.3 Å². The van der Waals surface area contributed by atoms with Crippen LogP contribution in [-0.4, -0.2) is 27.0 Å². The number of aliphatic hydroxyl groups is 2. The number of phenols is 1. The molecule has 0 radical (unpaired) electrons. The molecule has 3 nitrogen and oxygen atoms in total. The summed E-state index contributed by atoms with van der Waals surface area (Å²) in [7, 11) is 0. The predicted molar refractivity (Wildman–Crippen MR) is 87.0 cm³/mol. The normalized spacial score (nSPS) is 16.6. The Balaban J connectivity index is 2.71. The van der Waals surface area contributed by atoms with E-state index in [1.54, 1.807) is 26.0 Å². The van der Waals surface area contributed by atoms with E-state index in [4.69, 9.17) is 0 Å². The maximum atomic E-state index is 9.92. The first-order chi connectivity index (χ1) is 9.66. The molecule has 1 aromatic rings. The quantitative estimate of drug-likeness (QED) is 0.673. The molecule has 116 valence electrons. The molecule has 0 bridgehead atoms. The summed E-state index contributed by atoms with van der Waals surface area (Å²) in [4.78, 5) is 0. The number of benzene rings is 1. The van der Waals surface area contributed by atoms with Gasteiger partial charge in [-0.3, -0.25) is 0 Å². The van der Waals surface area contributed by atoms with Gasteiger partial charge in [0.05, 0.1) is 11.7 Å². The molecule has 21 heavy (non-hydrogen) atoms. The molecule has 0 aliphatic rings. The van der Waals surface area contributed by atoms with Crippen molar-refractivity contribution in [3.63, 3.8) is 0 Å². The van der Waals surface area contributed by atoms with Gasteiger partial charge in [0.1, 0.15) is 5.75 Å². The Kier molecular flexibility index (Phi) is 5.76. The van der Waals surface area contributed by atoms with Gasteiger partial charge in [-0.25, -0.2) is 0 Å². The lowest BCUT2D eigenvalue weighted by atomic mass is 9.82. The van der Waals surface area contributed by atoms with Crippen LogP contribution < -0.4 is 0 Å². The van der Waals surface area contributed by atoms with Crippen LogP contribution in [0.3, 0.4) is 0 Å². The molecule has 0 heterocycles. The lowest BCUT2D eigenvalue weighted by molar-refractivity contribution is -0.0539. The third kappa shape index (κ3) is 5.74. The van der Waals surface area contributed by atoms with Crippen LogP contribution in [0.25, 0.3) is 6.08 Å². The number of hydrogen-bond acceptors (Lipinski definition) is 3. The van der Waals surface area contributed by atoms with E-state index >= 15 is 0 Å². The fourth-order valence-electron chi connectivity index (χ4n) is 1.93. The van der Waals surface area contributed by atoms with Crippen molar-refractivity contribution in [1.29, 1.82) is 0 Å². The molecule has 0 aliphatic heterocycles. The maximum Gasteiger partial charge on any atom is 0.115 e. The van der Waals surface area contributed by atoms with E-state index in [0.717, 1.165) is 5.56 Å². The van der Waals surface area contributed by atoms with E-state index in [1.165, 1.54) is 0 Å². The minimum absolute atomic E-state index is 0.243. The molecule has 0 saturated carbocycles. The van der Waals surface area contributed by atoms with Gasteiger partial charge in [0, 0.05) is 5.41 Å². The van der Waals surface area contributed by atoms with Crippen molar-refractivity contribution in [1.82, 2.24) is 0 Å². The third-order valence-electron chi connectivity index (χ3n) is 3.79. The number of aromatic hydroxyl groups is 1.